The van der Waals surface area contributed by atoms with Crippen molar-refractivity contribution in [3.8, 4) is 0 Å². The maximum Gasteiger partial charge on any atom is 0.132 e. The van der Waals surface area contributed by atoms with Crippen LogP contribution in [0.5, 0.6) is 0 Å². The highest BCUT2D eigenvalue weighted by atomic mass is 79.9. The van der Waals surface area contributed by atoms with Gasteiger partial charge in [-0.25, -0.2) is 8.78 Å². The first-order valence-corrected chi connectivity index (χ1v) is 7.21. The summed E-state index contributed by atoms with van der Waals surface area (Å²) in [4.78, 5) is 4.33. The van der Waals surface area contributed by atoms with E-state index in [-0.39, 0.29) is 11.5 Å². The van der Waals surface area contributed by atoms with Crippen molar-refractivity contribution in [2.24, 2.45) is 5.73 Å². The highest BCUT2D eigenvalue weighted by molar-refractivity contribution is 9.10. The van der Waals surface area contributed by atoms with Crippen LogP contribution < -0.4 is 5.73 Å². The van der Waals surface area contributed by atoms with Gasteiger partial charge in [0.25, 0.3) is 0 Å². The SMILES string of the molecule is NC(c1c(F)cc(Br)cc1F)C1CCc2cccnc21. The van der Waals surface area contributed by atoms with Crippen LogP contribution in [0.25, 0.3) is 0 Å². The third kappa shape index (κ3) is 2.25. The van der Waals surface area contributed by atoms with E-state index in [1.54, 1.807) is 6.20 Å². The van der Waals surface area contributed by atoms with Crippen molar-refractivity contribution >= 4 is 15.9 Å². The van der Waals surface area contributed by atoms with Gasteiger partial charge in [0.1, 0.15) is 11.6 Å². The van der Waals surface area contributed by atoms with E-state index in [2.05, 4.69) is 20.9 Å². The number of aromatic nitrogens is 1. The molecular weight excluding hydrogens is 326 g/mol. The number of nitrogens with two attached hydrogens (primary N) is 1. The van der Waals surface area contributed by atoms with Crippen LogP contribution in [0.2, 0.25) is 0 Å². The number of hydrogen-bond donors (Lipinski definition) is 1. The minimum Gasteiger partial charge on any atom is -0.323 e. The topological polar surface area (TPSA) is 38.9 Å². The summed E-state index contributed by atoms with van der Waals surface area (Å²) in [5, 5.41) is 0. The van der Waals surface area contributed by atoms with Crippen molar-refractivity contribution < 1.29 is 8.78 Å². The summed E-state index contributed by atoms with van der Waals surface area (Å²) in [7, 11) is 0. The number of benzene rings is 1. The van der Waals surface area contributed by atoms with E-state index in [4.69, 9.17) is 5.73 Å². The van der Waals surface area contributed by atoms with E-state index < -0.39 is 17.7 Å². The van der Waals surface area contributed by atoms with E-state index in [1.807, 2.05) is 12.1 Å². The lowest BCUT2D eigenvalue weighted by atomic mass is 9.91. The molecule has 0 amide bonds. The Kier molecular flexibility index (Phi) is 3.56. The van der Waals surface area contributed by atoms with Crippen molar-refractivity contribution in [3.05, 3.63) is 63.4 Å². The molecule has 2 unspecified atom stereocenters. The van der Waals surface area contributed by atoms with Gasteiger partial charge < -0.3 is 5.73 Å². The number of halogens is 3. The molecule has 2 aromatic rings. The molecule has 0 saturated heterocycles. The molecule has 5 heteroatoms. The number of hydrogen-bond acceptors (Lipinski definition) is 2. The van der Waals surface area contributed by atoms with Crippen LogP contribution in [0.4, 0.5) is 8.78 Å². The summed E-state index contributed by atoms with van der Waals surface area (Å²) in [5.74, 6) is -1.38. The molecule has 20 heavy (non-hydrogen) atoms. The van der Waals surface area contributed by atoms with Gasteiger partial charge in [-0.15, -0.1) is 0 Å². The molecule has 1 heterocycles. The molecule has 1 aromatic carbocycles. The van der Waals surface area contributed by atoms with Crippen molar-refractivity contribution in [2.45, 2.75) is 24.8 Å². The van der Waals surface area contributed by atoms with Crippen LogP contribution in [0.1, 0.15) is 35.2 Å². The molecule has 2 N–H and O–H groups in total. The Hall–Kier alpha value is -1.33. The predicted molar refractivity (Wildman–Crippen MR) is 76.3 cm³/mol. The fourth-order valence-corrected chi connectivity index (χ4v) is 3.27. The molecule has 0 spiro atoms. The van der Waals surface area contributed by atoms with Gasteiger partial charge in [-0.1, -0.05) is 22.0 Å². The third-order valence-electron chi connectivity index (χ3n) is 3.81. The zero-order chi connectivity index (χ0) is 14.3. The summed E-state index contributed by atoms with van der Waals surface area (Å²) in [6.07, 6.45) is 3.31. The van der Waals surface area contributed by atoms with Gasteiger partial charge in [0, 0.05) is 33.9 Å². The Bertz CT molecular complexity index is 637. The summed E-state index contributed by atoms with van der Waals surface area (Å²) in [5.41, 5.74) is 8.05. The highest BCUT2D eigenvalue weighted by Gasteiger charge is 2.32. The molecule has 1 aliphatic rings. The average Bonchev–Trinajstić information content (AvgIpc) is 2.81. The molecule has 2 atom stereocenters. The van der Waals surface area contributed by atoms with Crippen LogP contribution in [0.15, 0.2) is 34.9 Å². The minimum atomic E-state index is -0.723. The third-order valence-corrected chi connectivity index (χ3v) is 4.27. The smallest absolute Gasteiger partial charge is 0.132 e. The average molecular weight is 339 g/mol. The molecule has 1 aliphatic carbocycles. The number of nitrogens with zero attached hydrogens (tertiary/aromatic N) is 1. The summed E-state index contributed by atoms with van der Waals surface area (Å²) in [6, 6.07) is 5.62. The van der Waals surface area contributed by atoms with Crippen molar-refractivity contribution in [1.82, 2.24) is 4.98 Å². The number of fused-ring (bicyclic) bond motifs is 1. The highest BCUT2D eigenvalue weighted by Crippen LogP contribution is 2.40. The zero-order valence-corrected chi connectivity index (χ0v) is 12.2. The van der Waals surface area contributed by atoms with Crippen LogP contribution in [-0.4, -0.2) is 4.98 Å². The Labute approximate surface area is 124 Å². The lowest BCUT2D eigenvalue weighted by Gasteiger charge is -2.21. The molecular formula is C15H13BrF2N2. The van der Waals surface area contributed by atoms with E-state index in [0.29, 0.717) is 4.47 Å². The maximum atomic E-state index is 14.0. The van der Waals surface area contributed by atoms with Gasteiger partial charge >= 0.3 is 0 Å². The molecule has 0 fully saturated rings. The molecule has 104 valence electrons. The lowest BCUT2D eigenvalue weighted by Crippen LogP contribution is -2.21. The van der Waals surface area contributed by atoms with E-state index in [9.17, 15) is 8.78 Å². The molecule has 1 aromatic heterocycles. The van der Waals surface area contributed by atoms with E-state index in [0.717, 1.165) is 24.1 Å². The summed E-state index contributed by atoms with van der Waals surface area (Å²) < 4.78 is 28.4. The molecule has 0 bridgehead atoms. The second-order valence-electron chi connectivity index (χ2n) is 5.00. The molecule has 0 saturated carbocycles. The van der Waals surface area contributed by atoms with Gasteiger partial charge in [-0.05, 0) is 36.6 Å². The predicted octanol–water partition coefficient (Wildman–Crippen LogP) is 3.85. The largest absolute Gasteiger partial charge is 0.323 e. The van der Waals surface area contributed by atoms with Gasteiger partial charge in [0.2, 0.25) is 0 Å². The van der Waals surface area contributed by atoms with Gasteiger partial charge in [-0.2, -0.15) is 0 Å². The maximum absolute atomic E-state index is 14.0. The Morgan fingerprint density at radius 2 is 2.00 bits per heavy atom. The summed E-state index contributed by atoms with van der Waals surface area (Å²) >= 11 is 3.07. The lowest BCUT2D eigenvalue weighted by molar-refractivity contribution is 0.472. The first-order valence-electron chi connectivity index (χ1n) is 6.41. The van der Waals surface area contributed by atoms with Crippen molar-refractivity contribution in [2.75, 3.05) is 0 Å². The van der Waals surface area contributed by atoms with Crippen molar-refractivity contribution in [1.29, 1.82) is 0 Å². The molecule has 2 nitrogen and oxygen atoms in total. The van der Waals surface area contributed by atoms with E-state index in [1.165, 1.54) is 12.1 Å². The first-order chi connectivity index (χ1) is 9.58. The monoisotopic (exact) mass is 338 g/mol. The van der Waals surface area contributed by atoms with Crippen molar-refractivity contribution in [3.63, 3.8) is 0 Å². The second kappa shape index (κ2) is 5.22. The number of rotatable bonds is 2. The fourth-order valence-electron chi connectivity index (χ4n) is 2.87. The molecule has 0 radical (unpaired) electrons. The van der Waals surface area contributed by atoms with Crippen LogP contribution in [0.3, 0.4) is 0 Å². The summed E-state index contributed by atoms with van der Waals surface area (Å²) in [6.45, 7) is 0. The molecule has 0 aliphatic heterocycles. The normalized spacial score (nSPS) is 18.9. The second-order valence-corrected chi connectivity index (χ2v) is 5.92. The van der Waals surface area contributed by atoms with Gasteiger partial charge in [0.05, 0.1) is 0 Å². The van der Waals surface area contributed by atoms with Gasteiger partial charge in [0.15, 0.2) is 0 Å². The number of aryl methyl sites for hydroxylation is 1. The van der Waals surface area contributed by atoms with Crippen LogP contribution in [0, 0.1) is 11.6 Å². The number of pyridine rings is 1. The fraction of sp³-hybridized carbons (Fsp3) is 0.267. The Morgan fingerprint density at radius 1 is 1.30 bits per heavy atom. The standard InChI is InChI=1S/C15H13BrF2N2/c16-9-6-11(17)13(12(18)7-9)14(19)10-4-3-8-2-1-5-20-15(8)10/h1-2,5-7,10,14H,3-4,19H2. The Balaban J connectivity index is 2.01. The van der Waals surface area contributed by atoms with E-state index >= 15 is 0 Å². The van der Waals surface area contributed by atoms with Gasteiger partial charge in [-0.3, -0.25) is 4.98 Å². The van der Waals surface area contributed by atoms with Crippen LogP contribution >= 0.6 is 15.9 Å². The zero-order valence-electron chi connectivity index (χ0n) is 10.6. The Morgan fingerprint density at radius 3 is 2.70 bits per heavy atom. The first kappa shape index (κ1) is 13.6. The molecule has 3 rings (SSSR count). The van der Waals surface area contributed by atoms with Crippen LogP contribution in [-0.2, 0) is 6.42 Å². The minimum absolute atomic E-state index is 0.0586. The quantitative estimate of drug-likeness (QED) is 0.903.